The van der Waals surface area contributed by atoms with E-state index in [1.807, 2.05) is 11.8 Å². The van der Waals surface area contributed by atoms with Crippen LogP contribution >= 0.6 is 0 Å². The molecule has 1 amide bonds. The summed E-state index contributed by atoms with van der Waals surface area (Å²) in [6.45, 7) is 6.71. The average molecular weight is 487 g/mol. The maximum absolute atomic E-state index is 14.2. The van der Waals surface area contributed by atoms with Crippen molar-refractivity contribution in [2.45, 2.75) is 38.8 Å². The van der Waals surface area contributed by atoms with Gasteiger partial charge in [-0.3, -0.25) is 4.90 Å². The van der Waals surface area contributed by atoms with Crippen molar-refractivity contribution in [3.8, 4) is 11.1 Å². The highest BCUT2D eigenvalue weighted by molar-refractivity contribution is 5.78. The van der Waals surface area contributed by atoms with Crippen molar-refractivity contribution in [2.24, 2.45) is 5.41 Å². The lowest BCUT2D eigenvalue weighted by Crippen LogP contribution is -2.58. The van der Waals surface area contributed by atoms with Crippen molar-refractivity contribution in [2.75, 3.05) is 50.8 Å². The maximum Gasteiger partial charge on any atom is 0.409 e. The largest absolute Gasteiger partial charge is 0.450 e. The topological polar surface area (TPSA) is 69.1 Å². The van der Waals surface area contributed by atoms with E-state index in [0.29, 0.717) is 35.2 Å². The Balaban J connectivity index is 1.24. The molecule has 1 saturated carbocycles. The molecule has 9 heteroatoms. The van der Waals surface area contributed by atoms with E-state index >= 15 is 0 Å². The van der Waals surface area contributed by atoms with Crippen LogP contribution in [0.15, 0.2) is 30.5 Å². The van der Waals surface area contributed by atoms with Gasteiger partial charge in [-0.1, -0.05) is 6.07 Å². The normalized spacial score (nSPS) is 21.9. The number of carbonyl (C=O) groups excluding carboxylic acids is 1. The van der Waals surface area contributed by atoms with Gasteiger partial charge in [-0.05, 0) is 55.5 Å². The molecule has 0 radical (unpaired) electrons. The molecule has 1 aromatic carbocycles. The zero-order valence-corrected chi connectivity index (χ0v) is 20.1. The van der Waals surface area contributed by atoms with Crippen molar-refractivity contribution in [1.29, 1.82) is 0 Å². The SMILES string of the molecule is CCOC(=O)N1CC2(CC[C@@H](N3CCN(c4ncc(F)cc4-c4ccc(F)cc4CO)CC3)C2)C1. The molecule has 1 aromatic heterocycles. The molecule has 3 heterocycles. The number of benzene rings is 1. The molecule has 0 unspecified atom stereocenters. The molecule has 0 bridgehead atoms. The van der Waals surface area contributed by atoms with E-state index in [0.717, 1.165) is 58.5 Å². The molecular weight excluding hydrogens is 454 g/mol. The number of piperazine rings is 1. The summed E-state index contributed by atoms with van der Waals surface area (Å²) in [4.78, 5) is 22.8. The number of hydrogen-bond acceptors (Lipinski definition) is 6. The summed E-state index contributed by atoms with van der Waals surface area (Å²) in [6.07, 6.45) is 4.36. The van der Waals surface area contributed by atoms with Crippen LogP contribution in [0.1, 0.15) is 31.7 Å². The van der Waals surface area contributed by atoms with Crippen LogP contribution in [0, 0.1) is 17.0 Å². The van der Waals surface area contributed by atoms with E-state index < -0.39 is 11.6 Å². The maximum atomic E-state index is 14.2. The molecule has 7 nitrogen and oxygen atoms in total. The zero-order valence-electron chi connectivity index (χ0n) is 20.1. The number of anilines is 1. The van der Waals surface area contributed by atoms with Crippen LogP contribution < -0.4 is 4.90 Å². The fourth-order valence-electron chi connectivity index (χ4n) is 6.02. The van der Waals surface area contributed by atoms with E-state index in [4.69, 9.17) is 4.74 Å². The van der Waals surface area contributed by atoms with Gasteiger partial charge in [-0.2, -0.15) is 0 Å². The van der Waals surface area contributed by atoms with Gasteiger partial charge in [-0.15, -0.1) is 0 Å². The molecule has 1 aliphatic carbocycles. The molecule has 2 aliphatic heterocycles. The Morgan fingerprint density at radius 2 is 1.91 bits per heavy atom. The van der Waals surface area contributed by atoms with Gasteiger partial charge in [0.15, 0.2) is 0 Å². The first-order chi connectivity index (χ1) is 16.9. The van der Waals surface area contributed by atoms with Crippen molar-refractivity contribution >= 4 is 11.9 Å². The molecule has 2 saturated heterocycles. The van der Waals surface area contributed by atoms with Crippen molar-refractivity contribution in [3.05, 3.63) is 47.7 Å². The minimum Gasteiger partial charge on any atom is -0.450 e. The number of ether oxygens (including phenoxy) is 1. The minimum absolute atomic E-state index is 0.205. The summed E-state index contributed by atoms with van der Waals surface area (Å²) in [5.41, 5.74) is 1.79. The molecule has 5 rings (SSSR count). The number of aliphatic hydroxyl groups is 1. The van der Waals surface area contributed by atoms with Gasteiger partial charge in [0.05, 0.1) is 19.4 Å². The lowest BCUT2D eigenvalue weighted by atomic mass is 9.78. The third kappa shape index (κ3) is 4.71. The summed E-state index contributed by atoms with van der Waals surface area (Å²) >= 11 is 0. The average Bonchev–Trinajstić information content (AvgIpc) is 3.29. The van der Waals surface area contributed by atoms with Crippen LogP contribution in [0.5, 0.6) is 0 Å². The fourth-order valence-corrected chi connectivity index (χ4v) is 6.02. The highest BCUT2D eigenvalue weighted by Gasteiger charge is 2.51. The molecule has 1 atom stereocenters. The first kappa shape index (κ1) is 23.9. The summed E-state index contributed by atoms with van der Waals surface area (Å²) in [5, 5.41) is 9.74. The second kappa shape index (κ2) is 9.70. The lowest BCUT2D eigenvalue weighted by Gasteiger charge is -2.48. The van der Waals surface area contributed by atoms with Crippen molar-refractivity contribution in [1.82, 2.24) is 14.8 Å². The van der Waals surface area contributed by atoms with Crippen molar-refractivity contribution in [3.63, 3.8) is 0 Å². The van der Waals surface area contributed by atoms with Gasteiger partial charge in [0.25, 0.3) is 0 Å². The monoisotopic (exact) mass is 486 g/mol. The van der Waals surface area contributed by atoms with Crippen LogP contribution in [-0.4, -0.2) is 77.9 Å². The highest BCUT2D eigenvalue weighted by Crippen LogP contribution is 2.47. The van der Waals surface area contributed by atoms with E-state index in [1.165, 1.54) is 24.4 Å². The number of aromatic nitrogens is 1. The summed E-state index contributed by atoms with van der Waals surface area (Å²) in [6, 6.07) is 6.09. The Morgan fingerprint density at radius 3 is 2.63 bits per heavy atom. The first-order valence-corrected chi connectivity index (χ1v) is 12.4. The summed E-state index contributed by atoms with van der Waals surface area (Å²) in [5.74, 6) is -0.257. The van der Waals surface area contributed by atoms with Crippen LogP contribution in [0.3, 0.4) is 0 Å². The number of amides is 1. The molecule has 188 valence electrons. The van der Waals surface area contributed by atoms with Crippen LogP contribution in [0.25, 0.3) is 11.1 Å². The lowest BCUT2D eigenvalue weighted by molar-refractivity contribution is -0.00294. The Morgan fingerprint density at radius 1 is 1.14 bits per heavy atom. The molecule has 3 fully saturated rings. The molecular formula is C26H32F2N4O3. The van der Waals surface area contributed by atoms with Crippen LogP contribution in [-0.2, 0) is 11.3 Å². The van der Waals surface area contributed by atoms with E-state index in [1.54, 1.807) is 6.07 Å². The summed E-state index contributed by atoms with van der Waals surface area (Å²) < 4.78 is 33.0. The van der Waals surface area contributed by atoms with Gasteiger partial charge in [0.2, 0.25) is 0 Å². The Bertz CT molecular complexity index is 1080. The number of nitrogens with zero attached hydrogens (tertiary/aromatic N) is 4. The Hall–Kier alpha value is -2.78. The minimum atomic E-state index is -0.468. The number of likely N-dealkylation sites (tertiary alicyclic amines) is 1. The first-order valence-electron chi connectivity index (χ1n) is 12.4. The molecule has 1 spiro atoms. The molecule has 2 aromatic rings. The number of rotatable bonds is 5. The third-order valence-corrected chi connectivity index (χ3v) is 7.75. The zero-order chi connectivity index (χ0) is 24.6. The van der Waals surface area contributed by atoms with E-state index in [9.17, 15) is 18.7 Å². The molecule has 1 N–H and O–H groups in total. The number of hydrogen-bond donors (Lipinski definition) is 1. The Kier molecular flexibility index (Phi) is 6.63. The quantitative estimate of drug-likeness (QED) is 0.696. The van der Waals surface area contributed by atoms with Crippen LogP contribution in [0.2, 0.25) is 0 Å². The second-order valence-electron chi connectivity index (χ2n) is 9.96. The van der Waals surface area contributed by atoms with Gasteiger partial charge in [-0.25, -0.2) is 18.6 Å². The highest BCUT2D eigenvalue weighted by atomic mass is 19.1. The van der Waals surface area contributed by atoms with Gasteiger partial charge < -0.3 is 19.6 Å². The predicted octanol–water partition coefficient (Wildman–Crippen LogP) is 3.65. The Labute approximate surface area is 204 Å². The number of pyridine rings is 1. The van der Waals surface area contributed by atoms with E-state index in [-0.39, 0.29) is 18.1 Å². The number of halogens is 2. The smallest absolute Gasteiger partial charge is 0.409 e. The van der Waals surface area contributed by atoms with E-state index in [2.05, 4.69) is 14.8 Å². The van der Waals surface area contributed by atoms with Gasteiger partial charge >= 0.3 is 6.09 Å². The number of aliphatic hydroxyl groups excluding tert-OH is 1. The molecule has 35 heavy (non-hydrogen) atoms. The fraction of sp³-hybridized carbons (Fsp3) is 0.538. The van der Waals surface area contributed by atoms with Crippen LogP contribution in [0.4, 0.5) is 19.4 Å². The second-order valence-corrected chi connectivity index (χ2v) is 9.96. The van der Waals surface area contributed by atoms with Gasteiger partial charge in [0, 0.05) is 56.3 Å². The van der Waals surface area contributed by atoms with Gasteiger partial charge in [0.1, 0.15) is 17.5 Å². The number of carbonyl (C=O) groups is 1. The van der Waals surface area contributed by atoms with Crippen molar-refractivity contribution < 1.29 is 23.4 Å². The third-order valence-electron chi connectivity index (χ3n) is 7.75. The molecule has 3 aliphatic rings. The predicted molar refractivity (Wildman–Crippen MR) is 128 cm³/mol. The standard InChI is InChI=1S/C26H32F2N4O3/c1-2-35-25(34)32-16-26(17-32)6-5-21(13-26)30-7-9-31(10-8-30)24-23(12-20(28)14-29-24)22-4-3-19(27)11-18(22)15-33/h3-4,11-12,14,21,33H,2,5-10,13,15-17H2,1H3/t21-/m1/s1. The summed E-state index contributed by atoms with van der Waals surface area (Å²) in [7, 11) is 0.